The van der Waals surface area contributed by atoms with E-state index in [1.807, 2.05) is 36.4 Å². The fraction of sp³-hybridized carbons (Fsp3) is 0.478. The van der Waals surface area contributed by atoms with Gasteiger partial charge in [0.05, 0.1) is 5.56 Å². The van der Waals surface area contributed by atoms with E-state index in [4.69, 9.17) is 9.73 Å². The van der Waals surface area contributed by atoms with Gasteiger partial charge in [-0.05, 0) is 25.0 Å². The molecule has 1 aromatic heterocycles. The number of fused-ring (bicyclic) bond motifs is 1. The van der Waals surface area contributed by atoms with E-state index in [1.165, 1.54) is 56.3 Å². The van der Waals surface area contributed by atoms with Crippen LogP contribution < -0.4 is 4.74 Å². The molecule has 0 fully saturated rings. The molecule has 2 aromatic rings. The summed E-state index contributed by atoms with van der Waals surface area (Å²) in [6.07, 6.45) is 11.8. The van der Waals surface area contributed by atoms with Gasteiger partial charge in [-0.3, -0.25) is 4.79 Å². The Bertz CT molecular complexity index is 764. The molecule has 2 heterocycles. The van der Waals surface area contributed by atoms with E-state index >= 15 is 0 Å². The van der Waals surface area contributed by atoms with Gasteiger partial charge < -0.3 is 4.74 Å². The Morgan fingerprint density at radius 3 is 2.44 bits per heavy atom. The molecule has 0 amide bonds. The summed E-state index contributed by atoms with van der Waals surface area (Å²) in [5.74, 6) is 0.959. The number of benzene rings is 1. The van der Waals surface area contributed by atoms with Crippen molar-refractivity contribution in [3.63, 3.8) is 0 Å². The normalized spacial score (nSPS) is 13.4. The highest BCUT2D eigenvalue weighted by Gasteiger charge is 2.23. The van der Waals surface area contributed by atoms with Gasteiger partial charge in [0.25, 0.3) is 0 Å². The Morgan fingerprint density at radius 2 is 1.70 bits per heavy atom. The number of carbonyl (C=O) groups excluding carboxylic acids is 1. The monoisotopic (exact) mass is 383 g/mol. The molecule has 0 unspecified atom stereocenters. The van der Waals surface area contributed by atoms with Crippen LogP contribution in [0.3, 0.4) is 0 Å². The van der Waals surface area contributed by atoms with E-state index in [0.717, 1.165) is 34.4 Å². The molecule has 1 aliphatic heterocycles. The highest BCUT2D eigenvalue weighted by atomic mass is 32.1. The van der Waals surface area contributed by atoms with E-state index in [0.29, 0.717) is 12.0 Å². The molecule has 0 saturated carbocycles. The smallest absolute Gasteiger partial charge is 0.183 e. The van der Waals surface area contributed by atoms with Crippen LogP contribution in [-0.4, -0.2) is 11.5 Å². The molecule has 0 radical (unpaired) electrons. The van der Waals surface area contributed by atoms with Crippen molar-refractivity contribution in [3.05, 3.63) is 42.0 Å². The first-order valence-corrected chi connectivity index (χ1v) is 11.0. The Morgan fingerprint density at radius 1 is 1.00 bits per heavy atom. The molecule has 27 heavy (non-hydrogen) atoms. The number of hydrogen-bond acceptors (Lipinski definition) is 4. The molecule has 4 heteroatoms. The molecule has 0 atom stereocenters. The first-order chi connectivity index (χ1) is 13.3. The second kappa shape index (κ2) is 10.4. The summed E-state index contributed by atoms with van der Waals surface area (Å²) in [7, 11) is 0. The largest absolute Gasteiger partial charge is 0.447 e. The molecule has 1 aromatic carbocycles. The molecular formula is C23H29NO2S. The van der Waals surface area contributed by atoms with Crippen LogP contribution in [0.4, 0.5) is 5.00 Å². The van der Waals surface area contributed by atoms with Crippen molar-refractivity contribution in [3.8, 4) is 10.8 Å². The summed E-state index contributed by atoms with van der Waals surface area (Å²) in [5.41, 5.74) is 1.75. The summed E-state index contributed by atoms with van der Waals surface area (Å²) < 4.78 is 5.87. The minimum Gasteiger partial charge on any atom is -0.447 e. The second-order valence-corrected chi connectivity index (χ2v) is 8.20. The van der Waals surface area contributed by atoms with Crippen LogP contribution in [0.25, 0.3) is 0 Å². The molecule has 3 rings (SSSR count). The number of Topliss-reactive ketones (excluding diaryl/α,β-unsaturated/α-hetero) is 1. The van der Waals surface area contributed by atoms with Crippen molar-refractivity contribution in [2.75, 3.05) is 0 Å². The Hall–Kier alpha value is -1.94. The third-order valence-electron chi connectivity index (χ3n) is 4.90. The fourth-order valence-corrected chi connectivity index (χ4v) is 4.33. The molecule has 0 bridgehead atoms. The van der Waals surface area contributed by atoms with Crippen molar-refractivity contribution in [1.82, 2.24) is 0 Å². The number of rotatable bonds is 11. The van der Waals surface area contributed by atoms with Crippen LogP contribution in [0.1, 0.15) is 81.5 Å². The lowest BCUT2D eigenvalue weighted by Crippen LogP contribution is -2.11. The third-order valence-corrected chi connectivity index (χ3v) is 5.80. The molecule has 144 valence electrons. The summed E-state index contributed by atoms with van der Waals surface area (Å²) in [4.78, 5) is 17.2. The van der Waals surface area contributed by atoms with Gasteiger partial charge in [-0.1, -0.05) is 81.4 Å². The minimum absolute atomic E-state index is 0.175. The van der Waals surface area contributed by atoms with Crippen molar-refractivity contribution in [2.24, 2.45) is 4.99 Å². The maximum absolute atomic E-state index is 12.5. The number of aliphatic imine (C=N–C) groups is 1. The Kier molecular flexibility index (Phi) is 7.64. The lowest BCUT2D eigenvalue weighted by Gasteiger charge is -2.11. The number of carbonyl (C=O) groups is 1. The van der Waals surface area contributed by atoms with Gasteiger partial charge in [0, 0.05) is 18.2 Å². The highest BCUT2D eigenvalue weighted by Crippen LogP contribution is 2.41. The standard InChI is InChI=1S/C23H29NO2S/c1-2-3-4-5-6-7-8-10-13-18-16-21(25)20-17-22(27-23(20)24-18)26-19-14-11-9-12-15-19/h9,11-12,14-15,17H,2-8,10,13,16H2,1H3. The predicted molar refractivity (Wildman–Crippen MR) is 114 cm³/mol. The zero-order valence-electron chi connectivity index (χ0n) is 16.2. The average molecular weight is 384 g/mol. The van der Waals surface area contributed by atoms with E-state index in [2.05, 4.69) is 6.92 Å². The molecule has 0 aliphatic carbocycles. The molecular weight excluding hydrogens is 354 g/mol. The zero-order chi connectivity index (χ0) is 18.9. The lowest BCUT2D eigenvalue weighted by atomic mass is 10.00. The number of nitrogens with zero attached hydrogens (tertiary/aromatic N) is 1. The van der Waals surface area contributed by atoms with Gasteiger partial charge in [0.1, 0.15) is 10.8 Å². The summed E-state index contributed by atoms with van der Waals surface area (Å²) >= 11 is 1.46. The minimum atomic E-state index is 0.175. The first kappa shape index (κ1) is 19.8. The summed E-state index contributed by atoms with van der Waals surface area (Å²) in [6.45, 7) is 2.25. The van der Waals surface area contributed by atoms with Gasteiger partial charge in [-0.2, -0.15) is 0 Å². The van der Waals surface area contributed by atoms with E-state index < -0.39 is 0 Å². The predicted octanol–water partition coefficient (Wildman–Crippen LogP) is 7.73. The van der Waals surface area contributed by atoms with E-state index in [9.17, 15) is 4.79 Å². The quantitative estimate of drug-likeness (QED) is 0.372. The first-order valence-electron chi connectivity index (χ1n) is 10.2. The lowest BCUT2D eigenvalue weighted by molar-refractivity contribution is 0.0999. The van der Waals surface area contributed by atoms with Crippen LogP contribution in [0, 0.1) is 0 Å². The van der Waals surface area contributed by atoms with Crippen LogP contribution in [0.5, 0.6) is 10.8 Å². The topological polar surface area (TPSA) is 38.7 Å². The highest BCUT2D eigenvalue weighted by molar-refractivity contribution is 7.18. The number of para-hydroxylation sites is 1. The molecule has 0 spiro atoms. The number of unbranched alkanes of at least 4 members (excludes halogenated alkanes) is 7. The Labute approximate surface area is 166 Å². The molecule has 3 nitrogen and oxygen atoms in total. The van der Waals surface area contributed by atoms with Crippen LogP contribution in [-0.2, 0) is 0 Å². The number of hydrogen-bond donors (Lipinski definition) is 0. The summed E-state index contributed by atoms with van der Waals surface area (Å²) in [6, 6.07) is 11.5. The Balaban J connectivity index is 1.49. The number of thiophene rings is 1. The SMILES string of the molecule is CCCCCCCCCCC1=Nc2sc(Oc3ccccc3)cc2C(=O)C1. The van der Waals surface area contributed by atoms with Crippen LogP contribution in [0.15, 0.2) is 41.4 Å². The van der Waals surface area contributed by atoms with Gasteiger partial charge in [0.2, 0.25) is 0 Å². The van der Waals surface area contributed by atoms with Crippen molar-refractivity contribution in [2.45, 2.75) is 71.1 Å². The van der Waals surface area contributed by atoms with Gasteiger partial charge in [-0.25, -0.2) is 4.99 Å². The fourth-order valence-electron chi connectivity index (χ4n) is 3.37. The second-order valence-electron chi connectivity index (χ2n) is 7.20. The van der Waals surface area contributed by atoms with E-state index in [1.54, 1.807) is 0 Å². The van der Waals surface area contributed by atoms with E-state index in [-0.39, 0.29) is 5.78 Å². The van der Waals surface area contributed by atoms with Crippen molar-refractivity contribution in [1.29, 1.82) is 0 Å². The van der Waals surface area contributed by atoms with Gasteiger partial charge in [0.15, 0.2) is 10.8 Å². The average Bonchev–Trinajstić information content (AvgIpc) is 3.08. The van der Waals surface area contributed by atoms with Crippen molar-refractivity contribution < 1.29 is 9.53 Å². The maximum atomic E-state index is 12.5. The number of ketones is 1. The van der Waals surface area contributed by atoms with Crippen LogP contribution in [0.2, 0.25) is 0 Å². The van der Waals surface area contributed by atoms with Gasteiger partial charge in [-0.15, -0.1) is 0 Å². The third kappa shape index (κ3) is 6.03. The summed E-state index contributed by atoms with van der Waals surface area (Å²) in [5, 5.41) is 1.54. The maximum Gasteiger partial charge on any atom is 0.183 e. The molecule has 0 saturated heterocycles. The molecule has 1 aliphatic rings. The van der Waals surface area contributed by atoms with Gasteiger partial charge >= 0.3 is 0 Å². The molecule has 0 N–H and O–H groups in total. The zero-order valence-corrected chi connectivity index (χ0v) is 17.0. The van der Waals surface area contributed by atoms with Crippen LogP contribution >= 0.6 is 11.3 Å². The number of ether oxygens (including phenoxy) is 1. The van der Waals surface area contributed by atoms with Crippen molar-refractivity contribution >= 4 is 27.8 Å².